The second-order valence-corrected chi connectivity index (χ2v) is 7.69. The molecular formula is C17H17N3O3S. The van der Waals surface area contributed by atoms with E-state index in [1.165, 1.54) is 18.4 Å². The standard InChI is InChI=1S/C17H17N3O3S/c1-12-9-10-14(24(21,22)20(2)3)11-15(12)17-19-18-16(23-17)13-7-5-4-6-8-13/h4-11H,1-3H3. The van der Waals surface area contributed by atoms with E-state index in [0.29, 0.717) is 17.3 Å². The Balaban J connectivity index is 2.06. The predicted molar refractivity (Wildman–Crippen MR) is 90.8 cm³/mol. The lowest BCUT2D eigenvalue weighted by atomic mass is 10.1. The predicted octanol–water partition coefficient (Wildman–Crippen LogP) is 2.96. The first-order valence-corrected chi connectivity index (χ1v) is 8.76. The largest absolute Gasteiger partial charge is 0.416 e. The summed E-state index contributed by atoms with van der Waals surface area (Å²) in [5.41, 5.74) is 2.27. The van der Waals surface area contributed by atoms with Crippen LogP contribution in [0.4, 0.5) is 0 Å². The molecule has 0 saturated carbocycles. The van der Waals surface area contributed by atoms with Gasteiger partial charge in [-0.2, -0.15) is 0 Å². The highest BCUT2D eigenvalue weighted by atomic mass is 32.2. The average molecular weight is 343 g/mol. The average Bonchev–Trinajstić information content (AvgIpc) is 3.05. The Hall–Kier alpha value is -2.51. The third kappa shape index (κ3) is 2.95. The van der Waals surface area contributed by atoms with E-state index in [1.807, 2.05) is 37.3 Å². The maximum Gasteiger partial charge on any atom is 0.248 e. The molecule has 2 aromatic carbocycles. The van der Waals surface area contributed by atoms with Crippen molar-refractivity contribution >= 4 is 10.0 Å². The minimum absolute atomic E-state index is 0.188. The maximum absolute atomic E-state index is 12.3. The summed E-state index contributed by atoms with van der Waals surface area (Å²) in [6, 6.07) is 14.3. The van der Waals surface area contributed by atoms with E-state index in [2.05, 4.69) is 10.2 Å². The molecule has 3 aromatic rings. The van der Waals surface area contributed by atoms with Crippen LogP contribution in [0.15, 0.2) is 57.8 Å². The molecule has 0 radical (unpaired) electrons. The molecule has 0 N–H and O–H groups in total. The van der Waals surface area contributed by atoms with Crippen LogP contribution in [-0.2, 0) is 10.0 Å². The van der Waals surface area contributed by atoms with Crippen LogP contribution in [0.5, 0.6) is 0 Å². The molecule has 0 spiro atoms. The zero-order valence-corrected chi connectivity index (χ0v) is 14.4. The molecule has 0 aliphatic carbocycles. The van der Waals surface area contributed by atoms with Crippen LogP contribution in [0.2, 0.25) is 0 Å². The van der Waals surface area contributed by atoms with Gasteiger partial charge < -0.3 is 4.42 Å². The van der Waals surface area contributed by atoms with Gasteiger partial charge in [-0.1, -0.05) is 24.3 Å². The summed E-state index contributed by atoms with van der Waals surface area (Å²) in [4.78, 5) is 0.188. The second-order valence-electron chi connectivity index (χ2n) is 5.54. The Morgan fingerprint density at radius 1 is 0.958 bits per heavy atom. The summed E-state index contributed by atoms with van der Waals surface area (Å²) in [6.07, 6.45) is 0. The summed E-state index contributed by atoms with van der Waals surface area (Å²) in [5.74, 6) is 0.688. The molecule has 0 saturated heterocycles. The van der Waals surface area contributed by atoms with Crippen LogP contribution < -0.4 is 0 Å². The molecule has 1 aromatic heterocycles. The number of nitrogens with zero attached hydrogens (tertiary/aromatic N) is 3. The van der Waals surface area contributed by atoms with Crippen molar-refractivity contribution in [3.05, 3.63) is 54.1 Å². The van der Waals surface area contributed by atoms with Crippen molar-refractivity contribution in [3.8, 4) is 22.9 Å². The zero-order valence-electron chi connectivity index (χ0n) is 13.6. The Labute approximate surface area is 140 Å². The third-order valence-electron chi connectivity index (χ3n) is 3.66. The van der Waals surface area contributed by atoms with Crippen molar-refractivity contribution in [2.24, 2.45) is 0 Å². The number of hydrogen-bond donors (Lipinski definition) is 0. The molecule has 0 aliphatic heterocycles. The Morgan fingerprint density at radius 2 is 1.62 bits per heavy atom. The molecule has 0 fully saturated rings. The first-order valence-electron chi connectivity index (χ1n) is 7.32. The number of aromatic nitrogens is 2. The van der Waals surface area contributed by atoms with E-state index in [-0.39, 0.29) is 4.90 Å². The molecule has 1 heterocycles. The number of rotatable bonds is 4. The van der Waals surface area contributed by atoms with Crippen molar-refractivity contribution in [1.29, 1.82) is 0 Å². The van der Waals surface area contributed by atoms with Crippen molar-refractivity contribution in [2.45, 2.75) is 11.8 Å². The SMILES string of the molecule is Cc1ccc(S(=O)(=O)N(C)C)cc1-c1nnc(-c2ccccc2)o1. The highest BCUT2D eigenvalue weighted by Gasteiger charge is 2.20. The lowest BCUT2D eigenvalue weighted by Gasteiger charge is -2.12. The number of benzene rings is 2. The van der Waals surface area contributed by atoms with Gasteiger partial charge in [-0.15, -0.1) is 10.2 Å². The molecule has 0 atom stereocenters. The van der Waals surface area contributed by atoms with E-state index in [9.17, 15) is 8.42 Å². The number of hydrogen-bond acceptors (Lipinski definition) is 5. The van der Waals surface area contributed by atoms with Crippen molar-refractivity contribution < 1.29 is 12.8 Å². The van der Waals surface area contributed by atoms with Gasteiger partial charge in [0.05, 0.1) is 4.90 Å². The quantitative estimate of drug-likeness (QED) is 0.728. The summed E-state index contributed by atoms with van der Waals surface area (Å²) >= 11 is 0. The molecule has 0 unspecified atom stereocenters. The maximum atomic E-state index is 12.3. The van der Waals surface area contributed by atoms with E-state index in [0.717, 1.165) is 11.1 Å². The smallest absolute Gasteiger partial charge is 0.248 e. The fraction of sp³-hybridized carbons (Fsp3) is 0.176. The second kappa shape index (κ2) is 6.18. The first-order chi connectivity index (χ1) is 11.4. The fourth-order valence-electron chi connectivity index (χ4n) is 2.23. The van der Waals surface area contributed by atoms with Crippen LogP contribution in [0, 0.1) is 6.92 Å². The van der Waals surface area contributed by atoms with E-state index in [4.69, 9.17) is 4.42 Å². The van der Waals surface area contributed by atoms with Gasteiger partial charge in [-0.3, -0.25) is 0 Å². The van der Waals surface area contributed by atoms with E-state index < -0.39 is 10.0 Å². The Morgan fingerprint density at radius 3 is 2.29 bits per heavy atom. The van der Waals surface area contributed by atoms with Crippen molar-refractivity contribution in [2.75, 3.05) is 14.1 Å². The van der Waals surface area contributed by atoms with Crippen molar-refractivity contribution in [3.63, 3.8) is 0 Å². The highest BCUT2D eigenvalue weighted by molar-refractivity contribution is 7.89. The normalized spacial score (nSPS) is 11.8. The van der Waals surface area contributed by atoms with Gasteiger partial charge >= 0.3 is 0 Å². The summed E-state index contributed by atoms with van der Waals surface area (Å²) in [7, 11) is -0.536. The Kier molecular flexibility index (Phi) is 4.21. The van der Waals surface area contributed by atoms with Gasteiger partial charge in [0.25, 0.3) is 0 Å². The zero-order chi connectivity index (χ0) is 17.3. The molecule has 3 rings (SSSR count). The lowest BCUT2D eigenvalue weighted by Crippen LogP contribution is -2.22. The topological polar surface area (TPSA) is 76.3 Å². The van der Waals surface area contributed by atoms with Crippen LogP contribution in [0.3, 0.4) is 0 Å². The van der Waals surface area contributed by atoms with Gasteiger partial charge in [-0.05, 0) is 36.8 Å². The van der Waals surface area contributed by atoms with Gasteiger partial charge in [0, 0.05) is 25.2 Å². The van der Waals surface area contributed by atoms with Gasteiger partial charge in [0.2, 0.25) is 21.8 Å². The first kappa shape index (κ1) is 16.4. The molecular weight excluding hydrogens is 326 g/mol. The van der Waals surface area contributed by atoms with Crippen LogP contribution in [0.1, 0.15) is 5.56 Å². The summed E-state index contributed by atoms with van der Waals surface area (Å²) < 4.78 is 31.5. The molecule has 0 bridgehead atoms. The minimum atomic E-state index is -3.53. The third-order valence-corrected chi connectivity index (χ3v) is 5.47. The van der Waals surface area contributed by atoms with Crippen LogP contribution in [0.25, 0.3) is 22.9 Å². The Bertz CT molecular complexity index is 964. The van der Waals surface area contributed by atoms with Gasteiger partial charge in [0.1, 0.15) is 0 Å². The molecule has 0 aliphatic rings. The van der Waals surface area contributed by atoms with Crippen LogP contribution in [-0.4, -0.2) is 37.0 Å². The van der Waals surface area contributed by atoms with Gasteiger partial charge in [-0.25, -0.2) is 12.7 Å². The number of aryl methyl sites for hydroxylation is 1. The van der Waals surface area contributed by atoms with Crippen molar-refractivity contribution in [1.82, 2.24) is 14.5 Å². The monoisotopic (exact) mass is 343 g/mol. The van der Waals surface area contributed by atoms with Gasteiger partial charge in [0.15, 0.2) is 0 Å². The minimum Gasteiger partial charge on any atom is -0.416 e. The molecule has 7 heteroatoms. The summed E-state index contributed by atoms with van der Waals surface area (Å²) in [5, 5.41) is 8.12. The molecule has 0 amide bonds. The van der Waals surface area contributed by atoms with E-state index in [1.54, 1.807) is 18.2 Å². The lowest BCUT2D eigenvalue weighted by molar-refractivity contribution is 0.520. The molecule has 124 valence electrons. The highest BCUT2D eigenvalue weighted by Crippen LogP contribution is 2.28. The molecule has 6 nitrogen and oxygen atoms in total. The molecule has 24 heavy (non-hydrogen) atoms. The summed E-state index contributed by atoms with van der Waals surface area (Å²) in [6.45, 7) is 1.87. The van der Waals surface area contributed by atoms with E-state index >= 15 is 0 Å². The number of sulfonamides is 1. The fourth-order valence-corrected chi connectivity index (χ4v) is 3.16. The van der Waals surface area contributed by atoms with Crippen LogP contribution >= 0.6 is 0 Å².